The van der Waals surface area contributed by atoms with Gasteiger partial charge >= 0.3 is 5.69 Å². The Kier molecular flexibility index (Phi) is 3.08. The number of fused-ring (bicyclic) bond motifs is 1. The molecule has 0 aromatic carbocycles. The Bertz CT molecular complexity index is 806. The largest absolute Gasteiger partial charge is 0.394 e. The second kappa shape index (κ2) is 4.69. The monoisotopic (exact) mass is 297 g/mol. The zero-order valence-electron chi connectivity index (χ0n) is 11.2. The maximum atomic E-state index is 12.3. The lowest BCUT2D eigenvalue weighted by Gasteiger charge is -2.12. The summed E-state index contributed by atoms with van der Waals surface area (Å²) in [4.78, 5) is 30.5. The number of nitrogens with zero attached hydrogens (tertiary/aromatic N) is 3. The fraction of sp³-hybridized carbons (Fsp3) is 0.545. The molecule has 1 saturated heterocycles. The van der Waals surface area contributed by atoms with E-state index in [2.05, 4.69) is 9.97 Å². The van der Waals surface area contributed by atoms with Gasteiger partial charge in [0.1, 0.15) is 12.3 Å². The molecule has 5 N–H and O–H groups in total. The summed E-state index contributed by atoms with van der Waals surface area (Å²) in [5.41, 5.74) is 4.62. The first kappa shape index (κ1) is 13.8. The van der Waals surface area contributed by atoms with Gasteiger partial charge in [-0.15, -0.1) is 0 Å². The summed E-state index contributed by atoms with van der Waals surface area (Å²) < 4.78 is 7.76. The molecule has 2 aromatic rings. The number of hydrogen-bond acceptors (Lipinski definition) is 7. The van der Waals surface area contributed by atoms with Gasteiger partial charge in [0.05, 0.1) is 12.7 Å². The Balaban J connectivity index is 2.22. The summed E-state index contributed by atoms with van der Waals surface area (Å²) in [5, 5.41) is 18.9. The number of aromatic nitrogens is 4. The highest BCUT2D eigenvalue weighted by molar-refractivity contribution is 5.71. The van der Waals surface area contributed by atoms with Gasteiger partial charge < -0.3 is 20.7 Å². The van der Waals surface area contributed by atoms with Crippen molar-refractivity contribution in [2.24, 2.45) is 7.05 Å². The van der Waals surface area contributed by atoms with E-state index < -0.39 is 29.7 Å². The quantitative estimate of drug-likeness (QED) is 0.484. The number of H-pyrrole nitrogens is 1. The van der Waals surface area contributed by atoms with E-state index in [-0.39, 0.29) is 30.1 Å². The number of anilines is 1. The molecule has 1 fully saturated rings. The molecule has 0 saturated carbocycles. The normalized spacial score (nSPS) is 25.8. The third-order valence-corrected chi connectivity index (χ3v) is 3.62. The van der Waals surface area contributed by atoms with Gasteiger partial charge in [0.25, 0.3) is 5.56 Å². The number of aliphatic hydroxyl groups is 2. The van der Waals surface area contributed by atoms with Crippen LogP contribution in [0.15, 0.2) is 9.59 Å². The highest BCUT2D eigenvalue weighted by Crippen LogP contribution is 2.29. The Morgan fingerprint density at radius 2 is 2.24 bits per heavy atom. The molecular formula is C11H15N5O5. The summed E-state index contributed by atoms with van der Waals surface area (Å²) >= 11 is 0. The van der Waals surface area contributed by atoms with Crippen LogP contribution in [0.4, 0.5) is 5.95 Å². The molecule has 10 nitrogen and oxygen atoms in total. The number of imidazole rings is 1. The highest BCUT2D eigenvalue weighted by Gasteiger charge is 2.37. The Labute approximate surface area is 117 Å². The standard InChI is InChI=1S/C11H15N5O5/c1-15-7-8(13-10(12)14-9(7)19)16(11(15)20)6-2-4(18)5(3-17)21-6/h4-6,17-18H,2-3H2,1H3,(H3,12,13,14,19)/t4-,5?,6?/m1/s1. The third-order valence-electron chi connectivity index (χ3n) is 3.62. The van der Waals surface area contributed by atoms with E-state index >= 15 is 0 Å². The second-order valence-electron chi connectivity index (χ2n) is 4.95. The van der Waals surface area contributed by atoms with Gasteiger partial charge in [-0.25, -0.2) is 9.36 Å². The SMILES string of the molecule is Cn1c(=O)n(C2C[C@@H](O)C(CO)O2)c2nc(N)[nH]c(=O)c21. The van der Waals surface area contributed by atoms with Crippen molar-refractivity contribution in [3.63, 3.8) is 0 Å². The van der Waals surface area contributed by atoms with Gasteiger partial charge in [-0.3, -0.25) is 14.3 Å². The summed E-state index contributed by atoms with van der Waals surface area (Å²) in [6, 6.07) is 0. The molecule has 2 aromatic heterocycles. The van der Waals surface area contributed by atoms with Crippen molar-refractivity contribution in [3.8, 4) is 0 Å². The van der Waals surface area contributed by atoms with Gasteiger partial charge in [-0.2, -0.15) is 4.98 Å². The smallest absolute Gasteiger partial charge is 0.332 e. The van der Waals surface area contributed by atoms with Gasteiger partial charge in [0.2, 0.25) is 5.95 Å². The van der Waals surface area contributed by atoms with Gasteiger partial charge in [0, 0.05) is 13.5 Å². The molecule has 0 radical (unpaired) electrons. The molecule has 1 aliphatic heterocycles. The first-order valence-electron chi connectivity index (χ1n) is 6.35. The predicted molar refractivity (Wildman–Crippen MR) is 71.6 cm³/mol. The van der Waals surface area contributed by atoms with Crippen LogP contribution in [0.25, 0.3) is 11.2 Å². The predicted octanol–water partition coefficient (Wildman–Crippen LogP) is -2.35. The summed E-state index contributed by atoms with van der Waals surface area (Å²) in [7, 11) is 1.43. The molecule has 0 spiro atoms. The van der Waals surface area contributed by atoms with E-state index in [1.807, 2.05) is 0 Å². The van der Waals surface area contributed by atoms with Crippen molar-refractivity contribution < 1.29 is 14.9 Å². The van der Waals surface area contributed by atoms with E-state index in [1.54, 1.807) is 0 Å². The van der Waals surface area contributed by atoms with Crippen molar-refractivity contribution in [1.29, 1.82) is 0 Å². The molecule has 114 valence electrons. The number of hydrogen-bond donors (Lipinski definition) is 4. The number of nitrogens with one attached hydrogen (secondary N) is 1. The first-order valence-corrected chi connectivity index (χ1v) is 6.35. The number of ether oxygens (including phenoxy) is 1. The average Bonchev–Trinajstić information content (AvgIpc) is 2.89. The summed E-state index contributed by atoms with van der Waals surface area (Å²) in [5.74, 6) is -0.121. The van der Waals surface area contributed by atoms with Crippen LogP contribution in [0.5, 0.6) is 0 Å². The molecule has 0 aliphatic carbocycles. The first-order chi connectivity index (χ1) is 9.93. The highest BCUT2D eigenvalue weighted by atomic mass is 16.5. The molecule has 0 amide bonds. The van der Waals surface area contributed by atoms with E-state index in [1.165, 1.54) is 11.6 Å². The van der Waals surface area contributed by atoms with Gasteiger partial charge in [-0.05, 0) is 0 Å². The number of aliphatic hydroxyl groups excluding tert-OH is 2. The van der Waals surface area contributed by atoms with E-state index in [0.29, 0.717) is 0 Å². The zero-order chi connectivity index (χ0) is 15.3. The lowest BCUT2D eigenvalue weighted by molar-refractivity contribution is -0.0443. The number of aromatic amines is 1. The van der Waals surface area contributed by atoms with Crippen LogP contribution >= 0.6 is 0 Å². The minimum absolute atomic E-state index is 0.0692. The minimum Gasteiger partial charge on any atom is -0.394 e. The molecule has 0 bridgehead atoms. The summed E-state index contributed by atoms with van der Waals surface area (Å²) in [6.07, 6.45) is -2.39. The molecule has 10 heteroatoms. The lowest BCUT2D eigenvalue weighted by Crippen LogP contribution is -2.27. The Hall–Kier alpha value is -2.17. The molecular weight excluding hydrogens is 282 g/mol. The molecule has 3 rings (SSSR count). The topological polar surface area (TPSA) is 148 Å². The van der Waals surface area contributed by atoms with Crippen molar-refractivity contribution in [1.82, 2.24) is 19.1 Å². The van der Waals surface area contributed by atoms with Crippen LogP contribution in [0, 0.1) is 0 Å². The van der Waals surface area contributed by atoms with Crippen LogP contribution in [0.1, 0.15) is 12.6 Å². The van der Waals surface area contributed by atoms with E-state index in [9.17, 15) is 14.7 Å². The molecule has 2 unspecified atom stereocenters. The maximum absolute atomic E-state index is 12.3. The number of nitrogens with two attached hydrogens (primary N) is 1. The molecule has 3 atom stereocenters. The number of rotatable bonds is 2. The van der Waals surface area contributed by atoms with Gasteiger partial charge in [-0.1, -0.05) is 0 Å². The van der Waals surface area contributed by atoms with Gasteiger partial charge in [0.15, 0.2) is 11.2 Å². The maximum Gasteiger partial charge on any atom is 0.332 e. The van der Waals surface area contributed by atoms with Crippen LogP contribution in [0.3, 0.4) is 0 Å². The van der Waals surface area contributed by atoms with Crippen LogP contribution in [-0.4, -0.2) is 48.1 Å². The molecule has 21 heavy (non-hydrogen) atoms. The third kappa shape index (κ3) is 1.95. The average molecular weight is 297 g/mol. The van der Waals surface area contributed by atoms with Crippen LogP contribution in [-0.2, 0) is 11.8 Å². The fourth-order valence-electron chi connectivity index (χ4n) is 2.59. The van der Waals surface area contributed by atoms with Crippen LogP contribution < -0.4 is 17.0 Å². The lowest BCUT2D eigenvalue weighted by atomic mass is 10.2. The fourth-order valence-corrected chi connectivity index (χ4v) is 2.59. The second-order valence-corrected chi connectivity index (χ2v) is 4.95. The van der Waals surface area contributed by atoms with E-state index in [4.69, 9.17) is 15.6 Å². The summed E-state index contributed by atoms with van der Waals surface area (Å²) in [6.45, 7) is -0.368. The van der Waals surface area contributed by atoms with E-state index in [0.717, 1.165) is 4.57 Å². The Morgan fingerprint density at radius 1 is 1.52 bits per heavy atom. The Morgan fingerprint density at radius 3 is 2.86 bits per heavy atom. The molecule has 3 heterocycles. The van der Waals surface area contributed by atoms with Crippen molar-refractivity contribution >= 4 is 17.1 Å². The van der Waals surface area contributed by atoms with Crippen molar-refractivity contribution in [2.45, 2.75) is 24.9 Å². The number of nitrogen functional groups attached to an aromatic ring is 1. The zero-order valence-corrected chi connectivity index (χ0v) is 11.2. The number of aryl methyl sites for hydroxylation is 1. The minimum atomic E-state index is -0.901. The van der Waals surface area contributed by atoms with Crippen molar-refractivity contribution in [3.05, 3.63) is 20.8 Å². The van der Waals surface area contributed by atoms with Crippen molar-refractivity contribution in [2.75, 3.05) is 12.3 Å². The van der Waals surface area contributed by atoms with Crippen LogP contribution in [0.2, 0.25) is 0 Å². The molecule has 1 aliphatic rings.